The third kappa shape index (κ3) is 3.74. The Hall–Kier alpha value is -5.87. The predicted octanol–water partition coefficient (Wildman–Crippen LogP) is 11.2. The first-order chi connectivity index (χ1) is 21.3. The zero-order valence-electron chi connectivity index (χ0n) is 23.1. The maximum absolute atomic E-state index is 6.52. The lowest BCUT2D eigenvalue weighted by molar-refractivity contribution is 0.657. The Morgan fingerprint density at radius 2 is 1.19 bits per heavy atom. The summed E-state index contributed by atoms with van der Waals surface area (Å²) in [5, 5.41) is 6.45. The van der Waals surface area contributed by atoms with E-state index in [0.29, 0.717) is 5.71 Å². The van der Waals surface area contributed by atoms with Crippen molar-refractivity contribution in [1.29, 1.82) is 0 Å². The molecule has 0 spiro atoms. The van der Waals surface area contributed by atoms with Gasteiger partial charge in [-0.15, -0.1) is 0 Å². The van der Waals surface area contributed by atoms with Gasteiger partial charge in [0, 0.05) is 44.5 Å². The summed E-state index contributed by atoms with van der Waals surface area (Å²) >= 11 is 0. The number of furan rings is 2. The van der Waals surface area contributed by atoms with E-state index < -0.39 is 0 Å². The van der Waals surface area contributed by atoms with E-state index in [1.165, 1.54) is 11.1 Å². The number of anilines is 3. The molecule has 0 aliphatic rings. The Morgan fingerprint density at radius 3 is 2.09 bits per heavy atom. The van der Waals surface area contributed by atoms with E-state index in [1.54, 1.807) is 6.20 Å². The van der Waals surface area contributed by atoms with Crippen molar-refractivity contribution < 1.29 is 8.83 Å². The predicted molar refractivity (Wildman–Crippen MR) is 176 cm³/mol. The van der Waals surface area contributed by atoms with Gasteiger partial charge in [-0.05, 0) is 77.2 Å². The highest BCUT2D eigenvalue weighted by Crippen LogP contribution is 2.44. The summed E-state index contributed by atoms with van der Waals surface area (Å²) in [4.78, 5) is 6.72. The summed E-state index contributed by atoms with van der Waals surface area (Å²) in [5.74, 6) is 0. The van der Waals surface area contributed by atoms with Gasteiger partial charge < -0.3 is 13.7 Å². The molecule has 0 bridgehead atoms. The molecule has 6 aromatic carbocycles. The van der Waals surface area contributed by atoms with Gasteiger partial charge in [-0.2, -0.15) is 0 Å². The standard InChI is InChI=1S/C39H24N2O2/c1-2-8-25(9-3-1)26-15-18-28(19-16-26)41(35-13-6-11-32-31-10-4-5-14-36(31)42-38(32)35)29-20-22-30-27(24-29)17-21-33-34-12-7-23-40-39(34)43-37(30)33/h1-24H. The number of hydrogen-bond acceptors (Lipinski definition) is 4. The second kappa shape index (κ2) is 9.33. The highest BCUT2D eigenvalue weighted by Gasteiger charge is 2.20. The number of pyridine rings is 1. The van der Waals surface area contributed by atoms with E-state index in [-0.39, 0.29) is 0 Å². The number of nitrogens with zero attached hydrogens (tertiary/aromatic N) is 2. The molecule has 9 rings (SSSR count). The van der Waals surface area contributed by atoms with E-state index in [9.17, 15) is 0 Å². The number of benzene rings is 6. The Bertz CT molecular complexity index is 2450. The largest absolute Gasteiger partial charge is 0.454 e. The van der Waals surface area contributed by atoms with Gasteiger partial charge >= 0.3 is 0 Å². The first-order valence-corrected chi connectivity index (χ1v) is 14.4. The molecule has 3 heterocycles. The molecule has 0 amide bonds. The molecule has 4 heteroatoms. The smallest absolute Gasteiger partial charge is 0.227 e. The van der Waals surface area contributed by atoms with Crippen LogP contribution in [0.25, 0.3) is 65.9 Å². The van der Waals surface area contributed by atoms with Gasteiger partial charge in [0.15, 0.2) is 5.58 Å². The molecule has 0 fully saturated rings. The second-order valence-corrected chi connectivity index (χ2v) is 10.8. The maximum atomic E-state index is 6.52. The SMILES string of the molecule is c1ccc(-c2ccc(N(c3ccc4c(ccc5c6cccnc6oc45)c3)c3cccc4c3oc3ccccc34)cc2)cc1. The van der Waals surface area contributed by atoms with Gasteiger partial charge in [0.1, 0.15) is 11.2 Å². The van der Waals surface area contributed by atoms with E-state index in [1.807, 2.05) is 24.3 Å². The van der Waals surface area contributed by atoms with Crippen LogP contribution in [0, 0.1) is 0 Å². The zero-order valence-corrected chi connectivity index (χ0v) is 23.1. The number of para-hydroxylation sites is 2. The van der Waals surface area contributed by atoms with Crippen molar-refractivity contribution in [2.75, 3.05) is 4.90 Å². The molecule has 0 saturated heterocycles. The van der Waals surface area contributed by atoms with E-state index in [2.05, 4.69) is 125 Å². The average Bonchev–Trinajstić information content (AvgIpc) is 3.65. The molecule has 202 valence electrons. The highest BCUT2D eigenvalue weighted by molar-refractivity contribution is 6.15. The normalized spacial score (nSPS) is 11.7. The lowest BCUT2D eigenvalue weighted by Gasteiger charge is -2.26. The fourth-order valence-corrected chi connectivity index (χ4v) is 6.29. The van der Waals surface area contributed by atoms with E-state index >= 15 is 0 Å². The summed E-state index contributed by atoms with van der Waals surface area (Å²) in [6.07, 6.45) is 1.77. The van der Waals surface area contributed by atoms with Crippen molar-refractivity contribution >= 4 is 71.8 Å². The highest BCUT2D eigenvalue weighted by atomic mass is 16.3. The molecule has 0 aliphatic carbocycles. The van der Waals surface area contributed by atoms with Crippen LogP contribution >= 0.6 is 0 Å². The number of aromatic nitrogens is 1. The Kier molecular flexibility index (Phi) is 5.16. The van der Waals surface area contributed by atoms with Gasteiger partial charge in [-0.3, -0.25) is 0 Å². The van der Waals surface area contributed by atoms with Crippen LogP contribution in [-0.4, -0.2) is 4.98 Å². The molecule has 4 nitrogen and oxygen atoms in total. The van der Waals surface area contributed by atoms with Crippen LogP contribution in [0.5, 0.6) is 0 Å². The molecule has 43 heavy (non-hydrogen) atoms. The van der Waals surface area contributed by atoms with Crippen molar-refractivity contribution in [3.63, 3.8) is 0 Å². The fourth-order valence-electron chi connectivity index (χ4n) is 6.29. The molecule has 0 aliphatic heterocycles. The lowest BCUT2D eigenvalue weighted by Crippen LogP contribution is -2.10. The molecule has 0 saturated carbocycles. The van der Waals surface area contributed by atoms with Crippen LogP contribution in [0.3, 0.4) is 0 Å². The molecule has 0 N–H and O–H groups in total. The molecular weight excluding hydrogens is 528 g/mol. The number of hydrogen-bond donors (Lipinski definition) is 0. The van der Waals surface area contributed by atoms with Gasteiger partial charge in [0.05, 0.1) is 5.69 Å². The molecule has 0 radical (unpaired) electrons. The Labute approximate surface area is 247 Å². The molecule has 0 unspecified atom stereocenters. The van der Waals surface area contributed by atoms with Crippen molar-refractivity contribution in [3.05, 3.63) is 146 Å². The van der Waals surface area contributed by atoms with Gasteiger partial charge in [0.25, 0.3) is 0 Å². The van der Waals surface area contributed by atoms with E-state index in [4.69, 9.17) is 8.83 Å². The van der Waals surface area contributed by atoms with E-state index in [0.717, 1.165) is 66.1 Å². The summed E-state index contributed by atoms with van der Waals surface area (Å²) in [5.41, 5.74) is 8.66. The minimum atomic E-state index is 0.658. The van der Waals surface area contributed by atoms with Crippen LogP contribution in [0.15, 0.2) is 155 Å². The first kappa shape index (κ1) is 23.8. The first-order valence-electron chi connectivity index (χ1n) is 14.4. The fraction of sp³-hybridized carbons (Fsp3) is 0. The third-order valence-corrected chi connectivity index (χ3v) is 8.33. The monoisotopic (exact) mass is 552 g/mol. The summed E-state index contributed by atoms with van der Waals surface area (Å²) in [6, 6.07) is 48.6. The topological polar surface area (TPSA) is 42.4 Å². The van der Waals surface area contributed by atoms with Crippen molar-refractivity contribution in [1.82, 2.24) is 4.98 Å². The summed E-state index contributed by atoms with van der Waals surface area (Å²) < 4.78 is 12.8. The van der Waals surface area contributed by atoms with Gasteiger partial charge in [0.2, 0.25) is 5.71 Å². The van der Waals surface area contributed by atoms with Crippen molar-refractivity contribution in [3.8, 4) is 11.1 Å². The van der Waals surface area contributed by atoms with Crippen LogP contribution in [0.1, 0.15) is 0 Å². The van der Waals surface area contributed by atoms with Crippen molar-refractivity contribution in [2.24, 2.45) is 0 Å². The Morgan fingerprint density at radius 1 is 0.465 bits per heavy atom. The minimum Gasteiger partial charge on any atom is -0.454 e. The quantitative estimate of drug-likeness (QED) is 0.218. The molecule has 0 atom stereocenters. The second-order valence-electron chi connectivity index (χ2n) is 10.8. The minimum absolute atomic E-state index is 0.658. The summed E-state index contributed by atoms with van der Waals surface area (Å²) in [6.45, 7) is 0. The number of rotatable bonds is 4. The third-order valence-electron chi connectivity index (χ3n) is 8.33. The summed E-state index contributed by atoms with van der Waals surface area (Å²) in [7, 11) is 0. The van der Waals surface area contributed by atoms with Crippen LogP contribution in [-0.2, 0) is 0 Å². The molecular formula is C39H24N2O2. The van der Waals surface area contributed by atoms with Crippen LogP contribution in [0.4, 0.5) is 17.1 Å². The number of fused-ring (bicyclic) bond motifs is 8. The van der Waals surface area contributed by atoms with Gasteiger partial charge in [-0.25, -0.2) is 4.98 Å². The van der Waals surface area contributed by atoms with Gasteiger partial charge in [-0.1, -0.05) is 78.9 Å². The zero-order chi connectivity index (χ0) is 28.3. The molecule has 9 aromatic rings. The van der Waals surface area contributed by atoms with Crippen LogP contribution < -0.4 is 4.90 Å². The van der Waals surface area contributed by atoms with Crippen LogP contribution in [0.2, 0.25) is 0 Å². The maximum Gasteiger partial charge on any atom is 0.227 e. The lowest BCUT2D eigenvalue weighted by atomic mass is 10.0. The Balaban J connectivity index is 1.26. The van der Waals surface area contributed by atoms with Crippen molar-refractivity contribution in [2.45, 2.75) is 0 Å². The molecule has 3 aromatic heterocycles. The average molecular weight is 553 g/mol.